The van der Waals surface area contributed by atoms with Crippen LogP contribution < -0.4 is 5.32 Å². The topological polar surface area (TPSA) is 80.6 Å². The number of nitrogens with one attached hydrogen (secondary N) is 1. The Bertz CT molecular complexity index is 525. The molecule has 1 amide bonds. The Kier molecular flexibility index (Phi) is 5.36. The zero-order valence-electron chi connectivity index (χ0n) is 11.4. The molecule has 0 spiro atoms. The van der Waals surface area contributed by atoms with Gasteiger partial charge >= 0.3 is 12.1 Å². The van der Waals surface area contributed by atoms with E-state index in [0.29, 0.717) is 6.20 Å². The molecule has 1 heterocycles. The molecular formula is C12H15F3N2O4. The highest BCUT2D eigenvalue weighted by atomic mass is 19.4. The first-order valence-corrected chi connectivity index (χ1v) is 5.93. The number of aromatic carboxylic acids is 1. The lowest BCUT2D eigenvalue weighted by molar-refractivity contribution is -0.138. The normalized spacial score (nSPS) is 13.0. The van der Waals surface area contributed by atoms with E-state index in [4.69, 9.17) is 9.84 Å². The van der Waals surface area contributed by atoms with E-state index < -0.39 is 35.7 Å². The molecule has 0 aliphatic heterocycles. The minimum absolute atomic E-state index is 0.256. The van der Waals surface area contributed by atoms with E-state index in [2.05, 4.69) is 5.32 Å². The highest BCUT2D eigenvalue weighted by Crippen LogP contribution is 2.32. The minimum atomic E-state index is -4.79. The molecule has 1 atom stereocenters. The van der Waals surface area contributed by atoms with Crippen LogP contribution in [0.2, 0.25) is 0 Å². The molecule has 1 aromatic rings. The fraction of sp³-hybridized carbons (Fsp3) is 0.500. The third-order valence-electron chi connectivity index (χ3n) is 2.57. The number of carbonyl (C=O) groups is 2. The van der Waals surface area contributed by atoms with Crippen molar-refractivity contribution in [2.45, 2.75) is 25.7 Å². The molecular weight excluding hydrogens is 293 g/mol. The van der Waals surface area contributed by atoms with Crippen molar-refractivity contribution in [2.75, 3.05) is 13.7 Å². The Balaban J connectivity index is 2.86. The Morgan fingerprint density at radius 3 is 2.48 bits per heavy atom. The van der Waals surface area contributed by atoms with Gasteiger partial charge in [-0.15, -0.1) is 0 Å². The number of methoxy groups -OCH3 is 1. The Labute approximate surface area is 118 Å². The predicted octanol–water partition coefficient (Wildman–Crippen LogP) is 1.36. The van der Waals surface area contributed by atoms with Crippen molar-refractivity contribution in [3.63, 3.8) is 0 Å². The van der Waals surface area contributed by atoms with Gasteiger partial charge in [-0.1, -0.05) is 0 Å². The van der Waals surface area contributed by atoms with Gasteiger partial charge in [-0.05, 0) is 6.92 Å². The van der Waals surface area contributed by atoms with Gasteiger partial charge in [0.15, 0.2) is 0 Å². The van der Waals surface area contributed by atoms with Crippen molar-refractivity contribution in [2.24, 2.45) is 0 Å². The zero-order chi connectivity index (χ0) is 16.2. The first-order chi connectivity index (χ1) is 9.65. The largest absolute Gasteiger partial charge is 0.478 e. The number of ether oxygens (including phenoxy) is 1. The van der Waals surface area contributed by atoms with E-state index in [0.717, 1.165) is 10.8 Å². The third kappa shape index (κ3) is 4.78. The highest BCUT2D eigenvalue weighted by molar-refractivity contribution is 5.89. The van der Waals surface area contributed by atoms with Crippen molar-refractivity contribution in [1.82, 2.24) is 9.88 Å². The summed E-state index contributed by atoms with van der Waals surface area (Å²) in [5.74, 6) is -2.24. The first-order valence-electron chi connectivity index (χ1n) is 5.93. The van der Waals surface area contributed by atoms with E-state index in [1.54, 1.807) is 6.92 Å². The summed E-state index contributed by atoms with van der Waals surface area (Å²) in [5.41, 5.74) is -2.17. The molecule has 9 heteroatoms. The summed E-state index contributed by atoms with van der Waals surface area (Å²) in [4.78, 5) is 22.4. The summed E-state index contributed by atoms with van der Waals surface area (Å²) in [6.07, 6.45) is -3.41. The van der Waals surface area contributed by atoms with Crippen LogP contribution in [0.15, 0.2) is 12.4 Å². The number of nitrogens with zero attached hydrogens (tertiary/aromatic N) is 1. The van der Waals surface area contributed by atoms with Gasteiger partial charge in [-0.3, -0.25) is 4.79 Å². The maximum absolute atomic E-state index is 12.7. The van der Waals surface area contributed by atoms with E-state index >= 15 is 0 Å². The number of carboxylic acid groups (broad SMARTS) is 1. The quantitative estimate of drug-likeness (QED) is 0.831. The van der Waals surface area contributed by atoms with E-state index in [-0.39, 0.29) is 12.6 Å². The summed E-state index contributed by atoms with van der Waals surface area (Å²) in [6, 6.07) is -0.306. The number of hydrogen-bond acceptors (Lipinski definition) is 3. The Hall–Kier alpha value is -2.03. The average molecular weight is 308 g/mol. The van der Waals surface area contributed by atoms with Crippen LogP contribution in [0, 0.1) is 0 Å². The van der Waals surface area contributed by atoms with Crippen LogP contribution in [0.3, 0.4) is 0 Å². The average Bonchev–Trinajstić information content (AvgIpc) is 2.72. The van der Waals surface area contributed by atoms with Crippen molar-refractivity contribution in [3.05, 3.63) is 23.5 Å². The van der Waals surface area contributed by atoms with Crippen LogP contribution in [0.1, 0.15) is 22.8 Å². The van der Waals surface area contributed by atoms with Gasteiger partial charge in [0.25, 0.3) is 0 Å². The molecule has 0 saturated carbocycles. The van der Waals surface area contributed by atoms with Crippen LogP contribution in [-0.4, -0.2) is 41.3 Å². The number of carboxylic acids is 1. The number of rotatable bonds is 6. The van der Waals surface area contributed by atoms with Crippen molar-refractivity contribution in [1.29, 1.82) is 0 Å². The van der Waals surface area contributed by atoms with Crippen molar-refractivity contribution < 1.29 is 32.6 Å². The number of halogens is 3. The molecule has 0 aliphatic rings. The molecule has 6 nitrogen and oxygen atoms in total. The molecule has 118 valence electrons. The monoisotopic (exact) mass is 308 g/mol. The molecule has 21 heavy (non-hydrogen) atoms. The molecule has 1 aromatic heterocycles. The molecule has 2 N–H and O–H groups in total. The van der Waals surface area contributed by atoms with Crippen molar-refractivity contribution in [3.8, 4) is 0 Å². The second-order valence-electron chi connectivity index (χ2n) is 4.48. The number of aromatic nitrogens is 1. The van der Waals surface area contributed by atoms with Gasteiger partial charge in [0.2, 0.25) is 5.91 Å². The maximum atomic E-state index is 12.7. The molecule has 0 fully saturated rings. The van der Waals surface area contributed by atoms with Crippen molar-refractivity contribution >= 4 is 11.9 Å². The molecule has 0 radical (unpaired) electrons. The van der Waals surface area contributed by atoms with Crippen LogP contribution in [0.5, 0.6) is 0 Å². The van der Waals surface area contributed by atoms with Gasteiger partial charge in [0.1, 0.15) is 6.54 Å². The molecule has 0 aromatic carbocycles. The summed E-state index contributed by atoms with van der Waals surface area (Å²) >= 11 is 0. The summed E-state index contributed by atoms with van der Waals surface area (Å²) in [7, 11) is 1.45. The number of alkyl halides is 3. The zero-order valence-corrected chi connectivity index (χ0v) is 11.4. The Morgan fingerprint density at radius 1 is 1.43 bits per heavy atom. The molecule has 0 aliphatic carbocycles. The lowest BCUT2D eigenvalue weighted by atomic mass is 10.2. The van der Waals surface area contributed by atoms with Crippen LogP contribution >= 0.6 is 0 Å². The SMILES string of the molecule is COCC(C)NC(=O)Cn1cc(C(=O)O)c(C(F)(F)F)c1. The van der Waals surface area contributed by atoms with E-state index in [1.165, 1.54) is 7.11 Å². The highest BCUT2D eigenvalue weighted by Gasteiger charge is 2.37. The van der Waals surface area contributed by atoms with E-state index in [9.17, 15) is 22.8 Å². The van der Waals surface area contributed by atoms with Crippen LogP contribution in [-0.2, 0) is 22.3 Å². The molecule has 1 rings (SSSR count). The lowest BCUT2D eigenvalue weighted by Gasteiger charge is -2.12. The van der Waals surface area contributed by atoms with Gasteiger partial charge < -0.3 is 19.7 Å². The van der Waals surface area contributed by atoms with Gasteiger partial charge in [-0.25, -0.2) is 4.79 Å². The van der Waals surface area contributed by atoms with E-state index in [1.807, 2.05) is 0 Å². The second kappa shape index (κ2) is 6.61. The summed E-state index contributed by atoms with van der Waals surface area (Å²) in [5, 5.41) is 11.3. The fourth-order valence-corrected chi connectivity index (χ4v) is 1.77. The summed E-state index contributed by atoms with van der Waals surface area (Å²) in [6.45, 7) is 1.51. The standard InChI is InChI=1S/C12H15F3N2O4/c1-7(6-21-2)16-10(18)5-17-3-8(11(19)20)9(4-17)12(13,14)15/h3-4,7H,5-6H2,1-2H3,(H,16,18)(H,19,20). The number of carbonyl (C=O) groups excluding carboxylic acids is 1. The second-order valence-corrected chi connectivity index (χ2v) is 4.48. The minimum Gasteiger partial charge on any atom is -0.478 e. The van der Waals surface area contributed by atoms with Crippen LogP contribution in [0.25, 0.3) is 0 Å². The molecule has 0 saturated heterocycles. The number of amides is 1. The maximum Gasteiger partial charge on any atom is 0.418 e. The lowest BCUT2D eigenvalue weighted by Crippen LogP contribution is -2.37. The number of hydrogen-bond donors (Lipinski definition) is 2. The molecule has 0 bridgehead atoms. The first kappa shape index (κ1) is 17.0. The van der Waals surface area contributed by atoms with Gasteiger partial charge in [-0.2, -0.15) is 13.2 Å². The van der Waals surface area contributed by atoms with Gasteiger partial charge in [0, 0.05) is 25.5 Å². The van der Waals surface area contributed by atoms with Crippen LogP contribution in [0.4, 0.5) is 13.2 Å². The fourth-order valence-electron chi connectivity index (χ4n) is 1.77. The smallest absolute Gasteiger partial charge is 0.418 e. The van der Waals surface area contributed by atoms with Gasteiger partial charge in [0.05, 0.1) is 17.7 Å². The predicted molar refractivity (Wildman–Crippen MR) is 65.9 cm³/mol. The summed E-state index contributed by atoms with van der Waals surface area (Å²) < 4.78 is 43.7. The third-order valence-corrected chi connectivity index (χ3v) is 2.57. The Morgan fingerprint density at radius 2 is 2.05 bits per heavy atom. The molecule has 1 unspecified atom stereocenters.